The molecule has 0 atom stereocenters. The first-order chi connectivity index (χ1) is 6.18. The largest absolute Gasteiger partial charge is 0.447 e. The van der Waals surface area contributed by atoms with Gasteiger partial charge in [0.25, 0.3) is 0 Å². The molecule has 1 heterocycles. The molecule has 0 fully saturated rings. The second-order valence-electron chi connectivity index (χ2n) is 2.80. The standard InChI is InChI=1S/C8H12N2O3/c1-6(2)13-8(11)9-5-7-3-4-12-10-7/h3-4,6H,5H2,1-2H3,(H,9,11). The van der Waals surface area contributed by atoms with Gasteiger partial charge in [0.05, 0.1) is 12.6 Å². The zero-order valence-electron chi connectivity index (χ0n) is 7.61. The van der Waals surface area contributed by atoms with Crippen LogP contribution in [0.2, 0.25) is 0 Å². The highest BCUT2D eigenvalue weighted by atomic mass is 16.6. The lowest BCUT2D eigenvalue weighted by Gasteiger charge is -2.07. The van der Waals surface area contributed by atoms with Crippen molar-refractivity contribution in [2.45, 2.75) is 26.5 Å². The van der Waals surface area contributed by atoms with Crippen LogP contribution in [0.5, 0.6) is 0 Å². The Bertz CT molecular complexity index is 256. The van der Waals surface area contributed by atoms with Gasteiger partial charge in [0.1, 0.15) is 12.0 Å². The van der Waals surface area contributed by atoms with Gasteiger partial charge < -0.3 is 14.6 Å². The van der Waals surface area contributed by atoms with Gasteiger partial charge >= 0.3 is 6.09 Å². The Morgan fingerprint density at radius 2 is 2.54 bits per heavy atom. The van der Waals surface area contributed by atoms with E-state index in [1.807, 2.05) is 0 Å². The third-order valence-corrected chi connectivity index (χ3v) is 1.25. The van der Waals surface area contributed by atoms with E-state index in [0.717, 1.165) is 0 Å². The molecule has 0 saturated heterocycles. The molecule has 13 heavy (non-hydrogen) atoms. The average Bonchev–Trinajstić information content (AvgIpc) is 2.51. The number of aromatic nitrogens is 1. The third kappa shape index (κ3) is 3.59. The Kier molecular flexibility index (Phi) is 3.31. The number of hydrogen-bond donors (Lipinski definition) is 1. The van der Waals surface area contributed by atoms with E-state index in [9.17, 15) is 4.79 Å². The van der Waals surface area contributed by atoms with Crippen LogP contribution in [0.4, 0.5) is 4.79 Å². The van der Waals surface area contributed by atoms with Gasteiger partial charge in [-0.15, -0.1) is 0 Å². The molecule has 72 valence electrons. The monoisotopic (exact) mass is 184 g/mol. The zero-order chi connectivity index (χ0) is 9.68. The Hall–Kier alpha value is -1.52. The van der Waals surface area contributed by atoms with Crippen LogP contribution in [0.1, 0.15) is 19.5 Å². The van der Waals surface area contributed by atoms with E-state index in [1.54, 1.807) is 19.9 Å². The van der Waals surface area contributed by atoms with Gasteiger partial charge in [-0.3, -0.25) is 0 Å². The van der Waals surface area contributed by atoms with Gasteiger partial charge in [0, 0.05) is 6.07 Å². The van der Waals surface area contributed by atoms with E-state index in [2.05, 4.69) is 15.0 Å². The van der Waals surface area contributed by atoms with E-state index in [0.29, 0.717) is 12.2 Å². The van der Waals surface area contributed by atoms with Crippen molar-refractivity contribution in [3.8, 4) is 0 Å². The Balaban J connectivity index is 2.23. The lowest BCUT2D eigenvalue weighted by atomic mass is 10.4. The highest BCUT2D eigenvalue weighted by molar-refractivity contribution is 5.67. The van der Waals surface area contributed by atoms with Crippen molar-refractivity contribution in [2.75, 3.05) is 0 Å². The second kappa shape index (κ2) is 4.49. The van der Waals surface area contributed by atoms with Crippen molar-refractivity contribution in [2.24, 2.45) is 0 Å². The van der Waals surface area contributed by atoms with Crippen molar-refractivity contribution in [3.63, 3.8) is 0 Å². The second-order valence-corrected chi connectivity index (χ2v) is 2.80. The topological polar surface area (TPSA) is 64.4 Å². The fourth-order valence-electron chi connectivity index (χ4n) is 0.747. The predicted octanol–water partition coefficient (Wildman–Crippen LogP) is 1.31. The van der Waals surface area contributed by atoms with Crippen LogP contribution in [0, 0.1) is 0 Å². The molecule has 1 aromatic rings. The van der Waals surface area contributed by atoms with Crippen molar-refractivity contribution in [1.82, 2.24) is 10.5 Å². The summed E-state index contributed by atoms with van der Waals surface area (Å²) in [6.45, 7) is 3.90. The molecule has 0 unspecified atom stereocenters. The molecule has 0 aliphatic rings. The minimum atomic E-state index is -0.446. The van der Waals surface area contributed by atoms with Gasteiger partial charge in [-0.2, -0.15) is 0 Å². The molecule has 0 aliphatic heterocycles. The van der Waals surface area contributed by atoms with Gasteiger partial charge in [-0.1, -0.05) is 5.16 Å². The zero-order valence-corrected chi connectivity index (χ0v) is 7.61. The van der Waals surface area contributed by atoms with Gasteiger partial charge in [0.2, 0.25) is 0 Å². The summed E-state index contributed by atoms with van der Waals surface area (Å²) in [5.41, 5.74) is 0.667. The minimum absolute atomic E-state index is 0.114. The number of carbonyl (C=O) groups is 1. The summed E-state index contributed by atoms with van der Waals surface area (Å²) < 4.78 is 9.43. The van der Waals surface area contributed by atoms with Crippen molar-refractivity contribution >= 4 is 6.09 Å². The summed E-state index contributed by atoms with van der Waals surface area (Å²) in [4.78, 5) is 11.0. The van der Waals surface area contributed by atoms with Crippen LogP contribution < -0.4 is 5.32 Å². The molecule has 0 bridgehead atoms. The smallest absolute Gasteiger partial charge is 0.407 e. The Morgan fingerprint density at radius 1 is 1.77 bits per heavy atom. The molecule has 5 heteroatoms. The van der Waals surface area contributed by atoms with Gasteiger partial charge in [-0.05, 0) is 13.8 Å². The quantitative estimate of drug-likeness (QED) is 0.769. The van der Waals surface area contributed by atoms with E-state index < -0.39 is 6.09 Å². The molecule has 0 spiro atoms. The first-order valence-corrected chi connectivity index (χ1v) is 4.02. The van der Waals surface area contributed by atoms with Gasteiger partial charge in [0.15, 0.2) is 0 Å². The SMILES string of the molecule is CC(C)OC(=O)NCc1ccon1. The third-order valence-electron chi connectivity index (χ3n) is 1.25. The van der Waals surface area contributed by atoms with E-state index in [4.69, 9.17) is 4.74 Å². The first-order valence-electron chi connectivity index (χ1n) is 4.02. The molecular weight excluding hydrogens is 172 g/mol. The van der Waals surface area contributed by atoms with Crippen LogP contribution in [-0.2, 0) is 11.3 Å². The molecule has 0 radical (unpaired) electrons. The Labute approximate surface area is 76.0 Å². The number of carbonyl (C=O) groups excluding carboxylic acids is 1. The fourth-order valence-corrected chi connectivity index (χ4v) is 0.747. The maximum absolute atomic E-state index is 11.0. The highest BCUT2D eigenvalue weighted by Gasteiger charge is 2.04. The number of alkyl carbamates (subject to hydrolysis) is 1. The summed E-state index contributed by atoms with van der Waals surface area (Å²) in [5, 5.41) is 6.15. The summed E-state index contributed by atoms with van der Waals surface area (Å²) in [6, 6.07) is 1.68. The molecule has 1 amide bonds. The fraction of sp³-hybridized carbons (Fsp3) is 0.500. The number of nitrogens with one attached hydrogen (secondary N) is 1. The summed E-state index contributed by atoms with van der Waals surface area (Å²) in [7, 11) is 0. The summed E-state index contributed by atoms with van der Waals surface area (Å²) >= 11 is 0. The van der Waals surface area contributed by atoms with Crippen LogP contribution in [0.25, 0.3) is 0 Å². The first kappa shape index (κ1) is 9.57. The minimum Gasteiger partial charge on any atom is -0.447 e. The Morgan fingerprint density at radius 3 is 3.08 bits per heavy atom. The van der Waals surface area contributed by atoms with Crippen molar-refractivity contribution in [1.29, 1.82) is 0 Å². The summed E-state index contributed by atoms with van der Waals surface area (Å²) in [6.07, 6.45) is 0.889. The normalized spacial score (nSPS) is 10.1. The lowest BCUT2D eigenvalue weighted by molar-refractivity contribution is 0.115. The van der Waals surface area contributed by atoms with Gasteiger partial charge in [-0.25, -0.2) is 4.79 Å². The summed E-state index contributed by atoms with van der Waals surface area (Å²) in [5.74, 6) is 0. The highest BCUT2D eigenvalue weighted by Crippen LogP contribution is 1.94. The molecule has 1 aromatic heterocycles. The van der Waals surface area contributed by atoms with E-state index in [1.165, 1.54) is 6.26 Å². The molecule has 0 aliphatic carbocycles. The lowest BCUT2D eigenvalue weighted by Crippen LogP contribution is -2.26. The molecule has 1 rings (SSSR count). The molecule has 0 saturated carbocycles. The van der Waals surface area contributed by atoms with E-state index in [-0.39, 0.29) is 6.10 Å². The number of nitrogens with zero attached hydrogens (tertiary/aromatic N) is 1. The maximum atomic E-state index is 11.0. The van der Waals surface area contributed by atoms with Crippen LogP contribution in [0.3, 0.4) is 0 Å². The molecule has 0 aromatic carbocycles. The average molecular weight is 184 g/mol. The molecule has 5 nitrogen and oxygen atoms in total. The number of amides is 1. The number of rotatable bonds is 3. The number of hydrogen-bond acceptors (Lipinski definition) is 4. The molecule has 1 N–H and O–H groups in total. The van der Waals surface area contributed by atoms with Crippen LogP contribution >= 0.6 is 0 Å². The number of ether oxygens (including phenoxy) is 1. The predicted molar refractivity (Wildman–Crippen MR) is 45.0 cm³/mol. The van der Waals surface area contributed by atoms with Crippen molar-refractivity contribution < 1.29 is 14.1 Å². The van der Waals surface area contributed by atoms with Crippen LogP contribution in [-0.4, -0.2) is 17.4 Å². The molecular formula is C8H12N2O3. The maximum Gasteiger partial charge on any atom is 0.407 e. The van der Waals surface area contributed by atoms with Crippen LogP contribution in [0.15, 0.2) is 16.9 Å². The van der Waals surface area contributed by atoms with Crippen molar-refractivity contribution in [3.05, 3.63) is 18.0 Å². The van der Waals surface area contributed by atoms with E-state index >= 15 is 0 Å².